The van der Waals surface area contributed by atoms with E-state index in [9.17, 15) is 4.79 Å². The molecule has 3 aromatic rings. The molecule has 0 aliphatic carbocycles. The van der Waals surface area contributed by atoms with Crippen molar-refractivity contribution in [2.75, 3.05) is 32.8 Å². The number of rotatable bonds is 5. The molecule has 0 bridgehead atoms. The number of carbonyl (C=O) groups is 3. The average Bonchev–Trinajstić information content (AvgIpc) is 3.22. The second-order valence-electron chi connectivity index (χ2n) is 7.23. The van der Waals surface area contributed by atoms with Gasteiger partial charge in [0, 0.05) is 49.8 Å². The van der Waals surface area contributed by atoms with Gasteiger partial charge in [0.2, 0.25) is 0 Å². The minimum Gasteiger partial charge on any atom is -0.484 e. The molecule has 1 fully saturated rings. The van der Waals surface area contributed by atoms with Crippen LogP contribution in [-0.2, 0) is 20.9 Å². The molecule has 4 rings (SSSR count). The Labute approximate surface area is 184 Å². The lowest BCUT2D eigenvalue weighted by molar-refractivity contribution is -0.159. The van der Waals surface area contributed by atoms with Crippen molar-refractivity contribution < 1.29 is 29.3 Å². The standard InChI is InChI=1S/C21H23N3O2.C2H2O4/c25-21(16-26-18-6-2-1-3-7-18)24-12-10-23(11-13-24)15-17-14-22-20-9-5-4-8-19(17)20;3-1(4)2(5)6/h1-9,14,22H,10-13,15-16H2;(H,3,4)(H,5,6). The van der Waals surface area contributed by atoms with Crippen molar-refractivity contribution in [3.05, 3.63) is 66.4 Å². The fraction of sp³-hybridized carbons (Fsp3) is 0.261. The summed E-state index contributed by atoms with van der Waals surface area (Å²) in [6, 6.07) is 17.9. The zero-order chi connectivity index (χ0) is 22.9. The van der Waals surface area contributed by atoms with Crippen LogP contribution in [-0.4, -0.2) is 75.6 Å². The Morgan fingerprint density at radius 2 is 1.50 bits per heavy atom. The van der Waals surface area contributed by atoms with Gasteiger partial charge in [-0.3, -0.25) is 9.69 Å². The van der Waals surface area contributed by atoms with E-state index >= 15 is 0 Å². The molecule has 9 nitrogen and oxygen atoms in total. The van der Waals surface area contributed by atoms with E-state index in [1.165, 1.54) is 16.5 Å². The van der Waals surface area contributed by atoms with Crippen LogP contribution in [0.1, 0.15) is 5.56 Å². The van der Waals surface area contributed by atoms with Gasteiger partial charge in [-0.2, -0.15) is 0 Å². The van der Waals surface area contributed by atoms with E-state index in [2.05, 4.69) is 34.3 Å². The Balaban J connectivity index is 0.000000427. The van der Waals surface area contributed by atoms with Gasteiger partial charge < -0.3 is 24.8 Å². The Kier molecular flexibility index (Phi) is 7.82. The van der Waals surface area contributed by atoms with E-state index in [0.29, 0.717) is 0 Å². The molecule has 0 spiro atoms. The highest BCUT2D eigenvalue weighted by Gasteiger charge is 2.22. The number of para-hydroxylation sites is 2. The minimum absolute atomic E-state index is 0.0561. The number of H-pyrrole nitrogens is 1. The number of carboxylic acids is 2. The predicted molar refractivity (Wildman–Crippen MR) is 117 cm³/mol. The van der Waals surface area contributed by atoms with Crippen LogP contribution in [0, 0.1) is 0 Å². The van der Waals surface area contributed by atoms with Crippen LogP contribution in [0.15, 0.2) is 60.8 Å². The van der Waals surface area contributed by atoms with Gasteiger partial charge in [0.1, 0.15) is 5.75 Å². The summed E-state index contributed by atoms with van der Waals surface area (Å²) in [6.07, 6.45) is 2.09. The van der Waals surface area contributed by atoms with Crippen molar-refractivity contribution in [1.82, 2.24) is 14.8 Å². The summed E-state index contributed by atoms with van der Waals surface area (Å²) in [5, 5.41) is 16.1. The third-order valence-electron chi connectivity index (χ3n) is 5.08. The molecule has 168 valence electrons. The lowest BCUT2D eigenvalue weighted by atomic mass is 10.1. The molecular weight excluding hydrogens is 414 g/mol. The predicted octanol–water partition coefficient (Wildman–Crippen LogP) is 2.05. The van der Waals surface area contributed by atoms with Crippen LogP contribution < -0.4 is 4.74 Å². The number of aliphatic carboxylic acids is 2. The fourth-order valence-corrected chi connectivity index (χ4v) is 3.41. The molecule has 0 unspecified atom stereocenters. The zero-order valence-electron chi connectivity index (χ0n) is 17.4. The molecular formula is C23H25N3O6. The molecule has 32 heavy (non-hydrogen) atoms. The first-order chi connectivity index (χ1) is 15.4. The Hall–Kier alpha value is -3.85. The molecule has 1 aliphatic rings. The van der Waals surface area contributed by atoms with Gasteiger partial charge in [0.05, 0.1) is 0 Å². The van der Waals surface area contributed by atoms with Gasteiger partial charge in [-0.05, 0) is 23.8 Å². The first-order valence-electron chi connectivity index (χ1n) is 10.1. The van der Waals surface area contributed by atoms with Crippen molar-refractivity contribution in [2.45, 2.75) is 6.54 Å². The number of piperazine rings is 1. The second kappa shape index (κ2) is 11.0. The summed E-state index contributed by atoms with van der Waals surface area (Å²) in [4.78, 5) is 38.2. The van der Waals surface area contributed by atoms with E-state index in [4.69, 9.17) is 24.5 Å². The zero-order valence-corrected chi connectivity index (χ0v) is 17.4. The molecule has 9 heteroatoms. The number of nitrogens with one attached hydrogen (secondary N) is 1. The summed E-state index contributed by atoms with van der Waals surface area (Å²) in [6.45, 7) is 4.28. The number of aromatic amines is 1. The Morgan fingerprint density at radius 3 is 2.16 bits per heavy atom. The van der Waals surface area contributed by atoms with Gasteiger partial charge in [-0.15, -0.1) is 0 Å². The monoisotopic (exact) mass is 439 g/mol. The topological polar surface area (TPSA) is 123 Å². The maximum atomic E-state index is 12.3. The molecule has 1 aliphatic heterocycles. The number of hydrogen-bond acceptors (Lipinski definition) is 5. The number of benzene rings is 2. The summed E-state index contributed by atoms with van der Waals surface area (Å²) >= 11 is 0. The third-order valence-corrected chi connectivity index (χ3v) is 5.08. The molecule has 2 heterocycles. The van der Waals surface area contributed by atoms with Crippen LogP contribution in [0.2, 0.25) is 0 Å². The van der Waals surface area contributed by atoms with Crippen molar-refractivity contribution in [1.29, 1.82) is 0 Å². The smallest absolute Gasteiger partial charge is 0.414 e. The number of hydrogen-bond donors (Lipinski definition) is 3. The van der Waals surface area contributed by atoms with Gasteiger partial charge in [0.25, 0.3) is 5.91 Å². The number of amides is 1. The molecule has 1 aromatic heterocycles. The molecule has 0 saturated carbocycles. The number of carboxylic acid groups (broad SMARTS) is 2. The normalized spacial score (nSPS) is 13.8. The van der Waals surface area contributed by atoms with Crippen molar-refractivity contribution in [3.8, 4) is 5.75 Å². The van der Waals surface area contributed by atoms with E-state index < -0.39 is 11.9 Å². The largest absolute Gasteiger partial charge is 0.484 e. The van der Waals surface area contributed by atoms with Crippen LogP contribution in [0.4, 0.5) is 0 Å². The van der Waals surface area contributed by atoms with Gasteiger partial charge in [-0.25, -0.2) is 9.59 Å². The molecule has 0 radical (unpaired) electrons. The molecule has 1 saturated heterocycles. The maximum absolute atomic E-state index is 12.3. The second-order valence-corrected chi connectivity index (χ2v) is 7.23. The third kappa shape index (κ3) is 6.32. The van der Waals surface area contributed by atoms with Gasteiger partial charge in [-0.1, -0.05) is 36.4 Å². The minimum atomic E-state index is -1.82. The number of nitrogens with zero attached hydrogens (tertiary/aromatic N) is 2. The van der Waals surface area contributed by atoms with Crippen LogP contribution in [0.25, 0.3) is 10.9 Å². The highest BCUT2D eigenvalue weighted by Crippen LogP contribution is 2.20. The molecule has 3 N–H and O–H groups in total. The number of fused-ring (bicyclic) bond motifs is 1. The Bertz CT molecular complexity index is 1050. The summed E-state index contributed by atoms with van der Waals surface area (Å²) < 4.78 is 5.57. The number of ether oxygens (including phenoxy) is 1. The SMILES string of the molecule is O=C(COc1ccccc1)N1CCN(Cc2c[nH]c3ccccc23)CC1.O=C(O)C(=O)O. The lowest BCUT2D eigenvalue weighted by Gasteiger charge is -2.34. The van der Waals surface area contributed by atoms with Gasteiger partial charge in [0.15, 0.2) is 6.61 Å². The first kappa shape index (κ1) is 22.8. The molecule has 2 aromatic carbocycles. The highest BCUT2D eigenvalue weighted by atomic mass is 16.5. The molecule has 0 atom stereocenters. The van der Waals surface area contributed by atoms with Crippen LogP contribution >= 0.6 is 0 Å². The quantitative estimate of drug-likeness (QED) is 0.520. The van der Waals surface area contributed by atoms with Crippen molar-refractivity contribution >= 4 is 28.7 Å². The summed E-state index contributed by atoms with van der Waals surface area (Å²) in [7, 11) is 0. The van der Waals surface area contributed by atoms with Crippen molar-refractivity contribution in [2.24, 2.45) is 0 Å². The van der Waals surface area contributed by atoms with Crippen LogP contribution in [0.3, 0.4) is 0 Å². The lowest BCUT2D eigenvalue weighted by Crippen LogP contribution is -2.49. The average molecular weight is 439 g/mol. The van der Waals surface area contributed by atoms with E-state index in [0.717, 1.165) is 38.5 Å². The fourth-order valence-electron chi connectivity index (χ4n) is 3.41. The van der Waals surface area contributed by atoms with E-state index in [1.54, 1.807) is 0 Å². The van der Waals surface area contributed by atoms with Crippen LogP contribution in [0.5, 0.6) is 5.75 Å². The van der Waals surface area contributed by atoms with Gasteiger partial charge >= 0.3 is 11.9 Å². The highest BCUT2D eigenvalue weighted by molar-refractivity contribution is 6.27. The number of aromatic nitrogens is 1. The number of carbonyl (C=O) groups excluding carboxylic acids is 1. The van der Waals surface area contributed by atoms with E-state index in [1.807, 2.05) is 41.3 Å². The molecule has 1 amide bonds. The first-order valence-corrected chi connectivity index (χ1v) is 10.1. The summed E-state index contributed by atoms with van der Waals surface area (Å²) in [5.41, 5.74) is 2.49. The van der Waals surface area contributed by atoms with E-state index in [-0.39, 0.29) is 12.5 Å². The Morgan fingerprint density at radius 1 is 0.875 bits per heavy atom. The maximum Gasteiger partial charge on any atom is 0.414 e. The summed E-state index contributed by atoms with van der Waals surface area (Å²) in [5.74, 6) is -2.86. The van der Waals surface area contributed by atoms with Crippen molar-refractivity contribution in [3.63, 3.8) is 0 Å².